The number of ether oxygens (including phenoxy) is 3. The van der Waals surface area contributed by atoms with Crippen molar-refractivity contribution >= 4 is 17.4 Å². The molecular formula is C16H23ClO4. The van der Waals surface area contributed by atoms with Gasteiger partial charge in [-0.3, -0.25) is 4.79 Å². The van der Waals surface area contributed by atoms with Gasteiger partial charge in [-0.1, -0.05) is 18.5 Å². The largest absolute Gasteiger partial charge is 0.488 e. The zero-order chi connectivity index (χ0) is 15.7. The van der Waals surface area contributed by atoms with Crippen LogP contribution >= 0.6 is 11.6 Å². The van der Waals surface area contributed by atoms with E-state index in [9.17, 15) is 4.79 Å². The number of Topliss-reactive ketones (excluding diaryl/α,β-unsaturated/α-hetero) is 1. The van der Waals surface area contributed by atoms with Gasteiger partial charge in [0.2, 0.25) is 0 Å². The molecule has 0 aliphatic carbocycles. The van der Waals surface area contributed by atoms with Crippen molar-refractivity contribution in [3.8, 4) is 5.75 Å². The van der Waals surface area contributed by atoms with Gasteiger partial charge in [-0.25, -0.2) is 0 Å². The van der Waals surface area contributed by atoms with Crippen LogP contribution in [0, 0.1) is 0 Å². The summed E-state index contributed by atoms with van der Waals surface area (Å²) < 4.78 is 16.4. The number of benzene rings is 1. The van der Waals surface area contributed by atoms with Crippen molar-refractivity contribution in [2.45, 2.75) is 39.9 Å². The Bertz CT molecular complexity index is 442. The van der Waals surface area contributed by atoms with Crippen molar-refractivity contribution in [1.82, 2.24) is 0 Å². The molecule has 0 aliphatic rings. The average Bonchev–Trinajstić information content (AvgIpc) is 2.45. The smallest absolute Gasteiger partial charge is 0.191 e. The van der Waals surface area contributed by atoms with Gasteiger partial charge in [0.1, 0.15) is 12.4 Å². The first-order valence-corrected chi connectivity index (χ1v) is 7.68. The Morgan fingerprint density at radius 3 is 2.38 bits per heavy atom. The van der Waals surface area contributed by atoms with Crippen molar-refractivity contribution in [3.63, 3.8) is 0 Å². The third kappa shape index (κ3) is 6.04. The second-order valence-corrected chi connectivity index (χ2v) is 4.87. The molecule has 4 nitrogen and oxygen atoms in total. The lowest BCUT2D eigenvalue weighted by molar-refractivity contribution is -0.152. The van der Waals surface area contributed by atoms with Gasteiger partial charge in [0, 0.05) is 25.2 Å². The molecule has 0 aliphatic heterocycles. The molecule has 0 unspecified atom stereocenters. The molecule has 1 aromatic carbocycles. The molecule has 5 heteroatoms. The van der Waals surface area contributed by atoms with E-state index in [1.807, 2.05) is 20.8 Å². The van der Waals surface area contributed by atoms with E-state index in [1.54, 1.807) is 18.2 Å². The quantitative estimate of drug-likeness (QED) is 0.482. The summed E-state index contributed by atoms with van der Waals surface area (Å²) in [5.74, 6) is 0.646. The average molecular weight is 315 g/mol. The molecule has 0 fully saturated rings. The summed E-state index contributed by atoms with van der Waals surface area (Å²) in [5.41, 5.74) is 0.539. The van der Waals surface area contributed by atoms with Gasteiger partial charge in [-0.05, 0) is 38.5 Å². The maximum absolute atomic E-state index is 11.8. The van der Waals surface area contributed by atoms with E-state index in [-0.39, 0.29) is 12.4 Å². The Labute approximate surface area is 131 Å². The van der Waals surface area contributed by atoms with Gasteiger partial charge in [-0.15, -0.1) is 0 Å². The number of carbonyl (C=O) groups is 1. The molecule has 118 valence electrons. The normalized spacial score (nSPS) is 10.9. The van der Waals surface area contributed by atoms with Crippen LogP contribution < -0.4 is 4.74 Å². The number of hydrogen-bond acceptors (Lipinski definition) is 4. The monoisotopic (exact) mass is 314 g/mol. The van der Waals surface area contributed by atoms with Crippen LogP contribution in [0.15, 0.2) is 18.2 Å². The molecule has 1 rings (SSSR count). The summed E-state index contributed by atoms with van der Waals surface area (Å²) in [6.07, 6.45) is 0.897. The molecular weight excluding hydrogens is 292 g/mol. The van der Waals surface area contributed by atoms with Crippen molar-refractivity contribution in [2.75, 3.05) is 19.8 Å². The lowest BCUT2D eigenvalue weighted by atomic mass is 10.1. The van der Waals surface area contributed by atoms with Crippen LogP contribution in [0.3, 0.4) is 0 Å². The van der Waals surface area contributed by atoms with Gasteiger partial charge >= 0.3 is 0 Å². The highest BCUT2D eigenvalue weighted by atomic mass is 35.5. The second-order valence-electron chi connectivity index (χ2n) is 4.47. The van der Waals surface area contributed by atoms with Crippen LogP contribution in [-0.2, 0) is 9.47 Å². The van der Waals surface area contributed by atoms with Gasteiger partial charge < -0.3 is 14.2 Å². The van der Waals surface area contributed by atoms with E-state index >= 15 is 0 Å². The lowest BCUT2D eigenvalue weighted by Crippen LogP contribution is -2.25. The Kier molecular flexibility index (Phi) is 8.35. The van der Waals surface area contributed by atoms with E-state index in [2.05, 4.69) is 0 Å². The molecule has 0 N–H and O–H groups in total. The van der Waals surface area contributed by atoms with Crippen LogP contribution in [0.2, 0.25) is 5.02 Å². The van der Waals surface area contributed by atoms with Crippen molar-refractivity contribution in [3.05, 3.63) is 28.8 Å². The first-order valence-electron chi connectivity index (χ1n) is 7.31. The SMILES string of the molecule is CCCC(=O)c1ccc(OCC(OCC)OCC)cc1Cl. The standard InChI is InChI=1S/C16H23ClO4/c1-4-7-15(18)13-9-8-12(10-14(13)17)21-11-16(19-5-2)20-6-3/h8-10,16H,4-7,11H2,1-3H3. The van der Waals surface area contributed by atoms with E-state index in [1.165, 1.54) is 0 Å². The first-order chi connectivity index (χ1) is 10.1. The molecule has 0 spiro atoms. The van der Waals surface area contributed by atoms with Crippen LogP contribution in [0.4, 0.5) is 0 Å². The fraction of sp³-hybridized carbons (Fsp3) is 0.562. The molecule has 0 amide bonds. The van der Waals surface area contributed by atoms with Gasteiger partial charge in [0.25, 0.3) is 0 Å². The third-order valence-corrected chi connectivity index (χ3v) is 3.12. The fourth-order valence-corrected chi connectivity index (χ4v) is 2.13. The molecule has 1 aromatic rings. The number of halogens is 1. The summed E-state index contributed by atoms with van der Waals surface area (Å²) in [5, 5.41) is 0.412. The summed E-state index contributed by atoms with van der Waals surface area (Å²) in [6.45, 7) is 7.15. The van der Waals surface area contributed by atoms with Crippen molar-refractivity contribution in [1.29, 1.82) is 0 Å². The van der Waals surface area contributed by atoms with Crippen LogP contribution in [0.25, 0.3) is 0 Å². The second kappa shape index (κ2) is 9.77. The zero-order valence-corrected chi connectivity index (χ0v) is 13.6. The van der Waals surface area contributed by atoms with Crippen molar-refractivity contribution in [2.24, 2.45) is 0 Å². The highest BCUT2D eigenvalue weighted by molar-refractivity contribution is 6.34. The van der Waals surface area contributed by atoms with Gasteiger partial charge in [-0.2, -0.15) is 0 Å². The topological polar surface area (TPSA) is 44.8 Å². The zero-order valence-electron chi connectivity index (χ0n) is 12.9. The van der Waals surface area contributed by atoms with Crippen molar-refractivity contribution < 1.29 is 19.0 Å². The van der Waals surface area contributed by atoms with E-state index in [4.69, 9.17) is 25.8 Å². The molecule has 0 radical (unpaired) electrons. The predicted octanol–water partition coefficient (Wildman–Crippen LogP) is 4.10. The Balaban J connectivity index is 2.64. The highest BCUT2D eigenvalue weighted by Crippen LogP contribution is 2.24. The summed E-state index contributed by atoms with van der Waals surface area (Å²) in [4.78, 5) is 11.8. The molecule has 0 saturated heterocycles. The summed E-state index contributed by atoms with van der Waals surface area (Å²) in [6, 6.07) is 5.09. The molecule has 0 atom stereocenters. The molecule has 0 bridgehead atoms. The van der Waals surface area contributed by atoms with E-state index < -0.39 is 6.29 Å². The van der Waals surface area contributed by atoms with E-state index in [0.29, 0.717) is 36.0 Å². The molecule has 21 heavy (non-hydrogen) atoms. The highest BCUT2D eigenvalue weighted by Gasteiger charge is 2.12. The lowest BCUT2D eigenvalue weighted by Gasteiger charge is -2.17. The minimum absolute atomic E-state index is 0.0514. The minimum Gasteiger partial charge on any atom is -0.488 e. The van der Waals surface area contributed by atoms with Crippen LogP contribution in [0.1, 0.15) is 44.0 Å². The Hall–Kier alpha value is -1.10. The predicted molar refractivity (Wildman–Crippen MR) is 83.2 cm³/mol. The van der Waals surface area contributed by atoms with Gasteiger partial charge in [0.15, 0.2) is 12.1 Å². The number of ketones is 1. The molecule has 0 heterocycles. The van der Waals surface area contributed by atoms with Gasteiger partial charge in [0.05, 0.1) is 5.02 Å². The Morgan fingerprint density at radius 2 is 1.86 bits per heavy atom. The minimum atomic E-state index is -0.403. The third-order valence-electron chi connectivity index (χ3n) is 2.81. The number of carbonyl (C=O) groups excluding carboxylic acids is 1. The fourth-order valence-electron chi connectivity index (χ4n) is 1.85. The number of rotatable bonds is 10. The summed E-state index contributed by atoms with van der Waals surface area (Å²) >= 11 is 6.13. The maximum atomic E-state index is 11.8. The van der Waals surface area contributed by atoms with Crippen LogP contribution in [-0.4, -0.2) is 31.9 Å². The molecule has 0 saturated carbocycles. The first kappa shape index (κ1) is 18.0. The van der Waals surface area contributed by atoms with Crippen LogP contribution in [0.5, 0.6) is 5.75 Å². The molecule has 0 aromatic heterocycles. The Morgan fingerprint density at radius 1 is 1.19 bits per heavy atom. The van der Waals surface area contributed by atoms with E-state index in [0.717, 1.165) is 6.42 Å². The summed E-state index contributed by atoms with van der Waals surface area (Å²) in [7, 11) is 0. The number of hydrogen-bond donors (Lipinski definition) is 0. The maximum Gasteiger partial charge on any atom is 0.191 e.